The fraction of sp³-hybridized carbons (Fsp3) is 0.902. The molecule has 6 N–H and O–H groups in total. The fourth-order valence-electron chi connectivity index (χ4n) is 13.1. The molecule has 4 bridgehead atoms. The van der Waals surface area contributed by atoms with Crippen molar-refractivity contribution in [2.24, 2.45) is 46.8 Å². The third kappa shape index (κ3) is 5.81. The number of esters is 4. The molecule has 57 heavy (non-hydrogen) atoms. The van der Waals surface area contributed by atoms with Crippen LogP contribution in [0.3, 0.4) is 0 Å². The summed E-state index contributed by atoms with van der Waals surface area (Å²) in [6.07, 6.45) is -7.41. The minimum absolute atomic E-state index is 0.0170. The summed E-state index contributed by atoms with van der Waals surface area (Å²) in [5, 5.41) is 73.2. The summed E-state index contributed by atoms with van der Waals surface area (Å²) in [5.74, 6) is -11.5. The SMILES string of the molecule is CC[C@@H](C)C(=O)O[C@H]1[C@H](O)C2[C@@H](CN3C[C@@H](C)CCC3[C@@]2(C)O)C2C[C@]34O[C@]5(O)[C@@H](OC(=O)[C@@](C)(O)[C@@H](C)O)CC[C@@]3(C)[C@@H]5[C@@H](OC(C)=O)[C@@H](OC(C)=O)[C@H]4[C@@]21O. The van der Waals surface area contributed by atoms with E-state index < -0.39 is 130 Å². The van der Waals surface area contributed by atoms with Gasteiger partial charge < -0.3 is 54.3 Å². The van der Waals surface area contributed by atoms with Crippen LogP contribution in [0.15, 0.2) is 0 Å². The number of ether oxygens (including phenoxy) is 5. The number of aliphatic hydroxyl groups excluding tert-OH is 2. The summed E-state index contributed by atoms with van der Waals surface area (Å²) in [6.45, 7) is 14.7. The first-order chi connectivity index (χ1) is 26.3. The molecule has 3 unspecified atom stereocenters. The molecule has 16 nitrogen and oxygen atoms in total. The zero-order chi connectivity index (χ0) is 42.2. The Morgan fingerprint density at radius 3 is 2.12 bits per heavy atom. The first-order valence-electron chi connectivity index (χ1n) is 20.8. The van der Waals surface area contributed by atoms with Gasteiger partial charge in [-0.05, 0) is 77.0 Å². The predicted molar refractivity (Wildman–Crippen MR) is 196 cm³/mol. The molecule has 3 heterocycles. The molecule has 7 fully saturated rings. The topological polar surface area (TPSA) is 239 Å². The van der Waals surface area contributed by atoms with Crippen LogP contribution in [0, 0.1) is 46.8 Å². The summed E-state index contributed by atoms with van der Waals surface area (Å²) in [6, 6.07) is -0.329. The number of hydrogen-bond donors (Lipinski definition) is 6. The molecule has 7 aliphatic rings. The third-order valence-electron chi connectivity index (χ3n) is 16.1. The molecule has 20 atom stereocenters. The quantitative estimate of drug-likeness (QED) is 0.145. The van der Waals surface area contributed by atoms with Gasteiger partial charge in [0.05, 0.1) is 41.2 Å². The number of carbonyl (C=O) groups excluding carboxylic acids is 4. The second-order valence-electron chi connectivity index (χ2n) is 19.4. The predicted octanol–water partition coefficient (Wildman–Crippen LogP) is 0.578. The van der Waals surface area contributed by atoms with Gasteiger partial charge >= 0.3 is 23.9 Å². The van der Waals surface area contributed by atoms with Crippen LogP contribution < -0.4 is 0 Å². The van der Waals surface area contributed by atoms with Gasteiger partial charge in [-0.15, -0.1) is 0 Å². The van der Waals surface area contributed by atoms with E-state index in [1.165, 1.54) is 6.92 Å². The maximum Gasteiger partial charge on any atom is 0.341 e. The average molecular weight is 810 g/mol. The van der Waals surface area contributed by atoms with E-state index in [-0.39, 0.29) is 25.3 Å². The van der Waals surface area contributed by atoms with E-state index in [2.05, 4.69) is 11.8 Å². The van der Waals surface area contributed by atoms with Crippen LogP contribution in [-0.4, -0.2) is 143 Å². The molecule has 0 radical (unpaired) electrons. The second kappa shape index (κ2) is 13.8. The lowest BCUT2D eigenvalue weighted by molar-refractivity contribution is -0.301. The van der Waals surface area contributed by atoms with Crippen LogP contribution in [-0.2, 0) is 42.9 Å². The molecule has 4 aliphatic carbocycles. The Balaban J connectivity index is 1.45. The Bertz CT molecular complexity index is 1650. The lowest BCUT2D eigenvalue weighted by Gasteiger charge is -2.64. The van der Waals surface area contributed by atoms with Gasteiger partial charge in [-0.3, -0.25) is 19.3 Å². The number of carbonyl (C=O) groups is 4. The molecule has 7 rings (SSSR count). The summed E-state index contributed by atoms with van der Waals surface area (Å²) in [7, 11) is 0. The first kappa shape index (κ1) is 42.7. The van der Waals surface area contributed by atoms with E-state index in [4.69, 9.17) is 23.7 Å². The van der Waals surface area contributed by atoms with Crippen molar-refractivity contribution in [3.63, 3.8) is 0 Å². The van der Waals surface area contributed by atoms with Gasteiger partial charge in [0, 0.05) is 44.3 Å². The summed E-state index contributed by atoms with van der Waals surface area (Å²) < 4.78 is 31.1. The van der Waals surface area contributed by atoms with Gasteiger partial charge in [0.2, 0.25) is 5.79 Å². The number of nitrogens with zero attached hydrogens (tertiary/aromatic N) is 1. The molecular formula is C41H63NO15. The molecule has 3 aliphatic heterocycles. The maximum atomic E-state index is 13.9. The Hall–Kier alpha value is -2.44. The zero-order valence-corrected chi connectivity index (χ0v) is 34.5. The minimum atomic E-state index is -2.47. The zero-order valence-electron chi connectivity index (χ0n) is 34.5. The van der Waals surface area contributed by atoms with Gasteiger partial charge in [-0.2, -0.15) is 0 Å². The highest BCUT2D eigenvalue weighted by Gasteiger charge is 2.90. The largest absolute Gasteiger partial charge is 0.458 e. The fourth-order valence-corrected chi connectivity index (χ4v) is 13.1. The van der Waals surface area contributed by atoms with Crippen molar-refractivity contribution in [1.82, 2.24) is 4.90 Å². The third-order valence-corrected chi connectivity index (χ3v) is 16.1. The summed E-state index contributed by atoms with van der Waals surface area (Å²) in [5.41, 5.74) is -9.03. The van der Waals surface area contributed by atoms with Crippen molar-refractivity contribution < 1.29 is 73.5 Å². The number of rotatable bonds is 8. The van der Waals surface area contributed by atoms with Crippen molar-refractivity contribution in [3.8, 4) is 0 Å². The molecule has 322 valence electrons. The molecule has 0 aromatic carbocycles. The number of piperidine rings is 2. The summed E-state index contributed by atoms with van der Waals surface area (Å²) >= 11 is 0. The van der Waals surface area contributed by atoms with E-state index in [9.17, 15) is 49.8 Å². The molecule has 0 amide bonds. The van der Waals surface area contributed by atoms with E-state index in [1.807, 2.05) is 6.92 Å². The van der Waals surface area contributed by atoms with Crippen LogP contribution in [0.4, 0.5) is 0 Å². The highest BCUT2D eigenvalue weighted by atomic mass is 16.7. The van der Waals surface area contributed by atoms with E-state index in [0.717, 1.165) is 27.2 Å². The van der Waals surface area contributed by atoms with Gasteiger partial charge in [0.15, 0.2) is 17.8 Å². The van der Waals surface area contributed by atoms with Gasteiger partial charge in [0.25, 0.3) is 0 Å². The Morgan fingerprint density at radius 2 is 1.54 bits per heavy atom. The normalized spacial score (nSPS) is 50.4. The van der Waals surface area contributed by atoms with Gasteiger partial charge in [-0.25, -0.2) is 4.79 Å². The smallest absolute Gasteiger partial charge is 0.341 e. The van der Waals surface area contributed by atoms with Crippen molar-refractivity contribution in [1.29, 1.82) is 0 Å². The van der Waals surface area contributed by atoms with E-state index >= 15 is 0 Å². The van der Waals surface area contributed by atoms with E-state index in [1.54, 1.807) is 20.8 Å². The Labute approximate surface area is 333 Å². The van der Waals surface area contributed by atoms with Gasteiger partial charge in [-0.1, -0.05) is 27.7 Å². The lowest BCUT2D eigenvalue weighted by Crippen LogP contribution is -2.78. The van der Waals surface area contributed by atoms with Crippen LogP contribution in [0.5, 0.6) is 0 Å². The van der Waals surface area contributed by atoms with Crippen LogP contribution in [0.2, 0.25) is 0 Å². The standard InChI is InChI=1S/C41H63NO15/c1-10-19(3)34(47)56-33-28(46)27-23(17-42-16-18(2)11-12-25(42)38(27,9)50)24-15-39-32(40(24,33)51)30(54-22(6)45)29(53-21(5)44)31-36(39,7)14-13-26(41(31,52)57-39)55-35(48)37(8,49)20(4)43/h18-20,23-33,43,46,49-52H,10-17H2,1-9H3/t18-,19+,20+,23-,24?,25?,26-,27?,28+,29-,30+,31-,32+,33-,36-,37-,38+,39+,40-,41+/m0/s1. The van der Waals surface area contributed by atoms with Crippen LogP contribution >= 0.6 is 0 Å². The molecular weight excluding hydrogens is 746 g/mol. The van der Waals surface area contributed by atoms with Gasteiger partial charge in [0.1, 0.15) is 17.8 Å². The first-order valence-corrected chi connectivity index (χ1v) is 20.8. The monoisotopic (exact) mass is 809 g/mol. The molecule has 4 saturated carbocycles. The van der Waals surface area contributed by atoms with E-state index in [0.29, 0.717) is 31.8 Å². The highest BCUT2D eigenvalue weighted by molar-refractivity contribution is 5.79. The van der Waals surface area contributed by atoms with Crippen molar-refractivity contribution in [2.45, 2.75) is 172 Å². The number of hydrogen-bond acceptors (Lipinski definition) is 16. The number of fused-ring (bicyclic) bond motifs is 5. The molecule has 1 spiro atoms. The average Bonchev–Trinajstić information content (AvgIpc) is 3.40. The molecule has 0 aromatic heterocycles. The molecule has 0 aromatic rings. The summed E-state index contributed by atoms with van der Waals surface area (Å²) in [4.78, 5) is 55.6. The van der Waals surface area contributed by atoms with Crippen molar-refractivity contribution in [3.05, 3.63) is 0 Å². The lowest BCUT2D eigenvalue weighted by atomic mass is 9.48. The van der Waals surface area contributed by atoms with Crippen molar-refractivity contribution >= 4 is 23.9 Å². The number of aliphatic hydroxyl groups is 6. The highest BCUT2D eigenvalue weighted by Crippen LogP contribution is 2.78. The second-order valence-corrected chi connectivity index (χ2v) is 19.4. The van der Waals surface area contributed by atoms with Crippen molar-refractivity contribution in [2.75, 3.05) is 13.1 Å². The Morgan fingerprint density at radius 1 is 0.930 bits per heavy atom. The van der Waals surface area contributed by atoms with Crippen LogP contribution in [0.25, 0.3) is 0 Å². The minimum Gasteiger partial charge on any atom is -0.458 e. The Kier molecular flexibility index (Phi) is 10.3. The molecule has 16 heteroatoms. The molecule has 3 saturated heterocycles. The van der Waals surface area contributed by atoms with Crippen LogP contribution in [0.1, 0.15) is 101 Å². The maximum absolute atomic E-state index is 13.9.